The molecule has 0 bridgehead atoms. The number of benzene rings is 3. The van der Waals surface area contributed by atoms with E-state index in [1.807, 2.05) is 0 Å². The van der Waals surface area contributed by atoms with Crippen molar-refractivity contribution in [3.05, 3.63) is 105 Å². The van der Waals surface area contributed by atoms with E-state index in [2.05, 4.69) is 4.98 Å². The van der Waals surface area contributed by atoms with Crippen LogP contribution in [0.3, 0.4) is 0 Å². The molecule has 1 aromatic heterocycles. The lowest BCUT2D eigenvalue weighted by Gasteiger charge is -2.17. The first-order chi connectivity index (χ1) is 19.2. The molecule has 1 saturated carbocycles. The maximum Gasteiger partial charge on any atom is 0.337 e. The molecule has 204 valence electrons. The molecule has 0 spiro atoms. The van der Waals surface area contributed by atoms with Crippen molar-refractivity contribution in [2.45, 2.75) is 19.8 Å². The van der Waals surface area contributed by atoms with Gasteiger partial charge in [-0.05, 0) is 56.2 Å². The third-order valence-electron chi connectivity index (χ3n) is 6.59. The number of hydrogen-bond donors (Lipinski definition) is 3. The number of carboxylic acid groups (broad SMARTS) is 1. The third-order valence-corrected chi connectivity index (χ3v) is 7.22. The Morgan fingerprint density at radius 2 is 1.70 bits per heavy atom. The number of nitrogens with zero attached hydrogens (tertiary/aromatic N) is 1. The lowest BCUT2D eigenvalue weighted by atomic mass is 10.00. The molecule has 0 aliphatic heterocycles. The molecule has 1 fully saturated rings. The number of rotatable bonds is 9. The van der Waals surface area contributed by atoms with Crippen LogP contribution in [0.25, 0.3) is 10.8 Å². The summed E-state index contributed by atoms with van der Waals surface area (Å²) in [5.41, 5.74) is 0.699. The van der Waals surface area contributed by atoms with Gasteiger partial charge in [-0.25, -0.2) is 14.2 Å². The summed E-state index contributed by atoms with van der Waals surface area (Å²) in [7, 11) is 0. The van der Waals surface area contributed by atoms with E-state index in [4.69, 9.17) is 38.1 Å². The van der Waals surface area contributed by atoms with Crippen molar-refractivity contribution in [2.75, 3.05) is 6.61 Å². The number of hydrogen-bond acceptors (Lipinski definition) is 6. The standard InChI is InChI=1S/C30H23Cl2FN2O5/c1-15-17(30(37)38)11-13-25(35-15)40-23-7-2-4-19-18(23)10-12-24(27(19)33)39-14-20(29(36)16-8-9-16)28(34)26-21(31)5-3-6-22(26)32/h2-7,10-13,16,34,36H,8-9,14H2,1H3,(H,37,38)/b29-20-,34-28?. The van der Waals surface area contributed by atoms with Gasteiger partial charge in [0.25, 0.3) is 0 Å². The van der Waals surface area contributed by atoms with Crippen molar-refractivity contribution in [3.63, 3.8) is 0 Å². The largest absolute Gasteiger partial charge is 0.512 e. The molecule has 5 rings (SSSR count). The van der Waals surface area contributed by atoms with Crippen molar-refractivity contribution in [1.82, 2.24) is 4.98 Å². The van der Waals surface area contributed by atoms with Crippen LogP contribution in [-0.4, -0.2) is 33.5 Å². The van der Waals surface area contributed by atoms with E-state index >= 15 is 4.39 Å². The number of carboxylic acids is 1. The number of nitrogens with one attached hydrogen (secondary N) is 1. The molecular weight excluding hydrogens is 558 g/mol. The second-order valence-corrected chi connectivity index (χ2v) is 10.1. The Morgan fingerprint density at radius 1 is 1.00 bits per heavy atom. The number of fused-ring (bicyclic) bond motifs is 1. The van der Waals surface area contributed by atoms with Crippen molar-refractivity contribution in [3.8, 4) is 17.4 Å². The van der Waals surface area contributed by atoms with Crippen molar-refractivity contribution in [1.29, 1.82) is 5.41 Å². The molecule has 7 nitrogen and oxygen atoms in total. The molecule has 0 unspecified atom stereocenters. The molecule has 0 saturated heterocycles. The summed E-state index contributed by atoms with van der Waals surface area (Å²) >= 11 is 12.6. The van der Waals surface area contributed by atoms with Crippen molar-refractivity contribution in [2.24, 2.45) is 5.92 Å². The molecule has 40 heavy (non-hydrogen) atoms. The van der Waals surface area contributed by atoms with Crippen LogP contribution < -0.4 is 9.47 Å². The lowest BCUT2D eigenvalue weighted by Crippen LogP contribution is -2.16. The van der Waals surface area contributed by atoms with Crippen LogP contribution in [-0.2, 0) is 0 Å². The van der Waals surface area contributed by atoms with E-state index in [9.17, 15) is 15.0 Å². The minimum Gasteiger partial charge on any atom is -0.512 e. The number of ether oxygens (including phenoxy) is 2. The zero-order chi connectivity index (χ0) is 28.6. The predicted molar refractivity (Wildman–Crippen MR) is 151 cm³/mol. The Morgan fingerprint density at radius 3 is 2.35 bits per heavy atom. The minimum absolute atomic E-state index is 0.00887. The highest BCUT2D eigenvalue weighted by atomic mass is 35.5. The number of carbonyl (C=O) groups is 1. The molecule has 0 radical (unpaired) electrons. The summed E-state index contributed by atoms with van der Waals surface area (Å²) < 4.78 is 27.3. The maximum atomic E-state index is 15.6. The number of pyridine rings is 1. The third kappa shape index (κ3) is 5.46. The summed E-state index contributed by atoms with van der Waals surface area (Å²) in [5.74, 6) is -1.43. The van der Waals surface area contributed by atoms with E-state index in [1.54, 1.807) is 49.4 Å². The molecule has 3 N–H and O–H groups in total. The second-order valence-electron chi connectivity index (χ2n) is 9.32. The van der Waals surface area contributed by atoms with Crippen LogP contribution in [0.5, 0.6) is 17.4 Å². The smallest absolute Gasteiger partial charge is 0.337 e. The average Bonchev–Trinajstić information content (AvgIpc) is 3.76. The first kappa shape index (κ1) is 27.4. The Balaban J connectivity index is 1.43. The second kappa shape index (κ2) is 11.2. The van der Waals surface area contributed by atoms with Crippen molar-refractivity contribution < 1.29 is 28.9 Å². The Kier molecular flexibility index (Phi) is 7.65. The van der Waals surface area contributed by atoms with E-state index in [0.717, 1.165) is 12.8 Å². The Hall–Kier alpha value is -4.14. The van der Waals surface area contributed by atoms with Crippen LogP contribution >= 0.6 is 23.2 Å². The number of halogens is 3. The van der Waals surface area contributed by atoms with Gasteiger partial charge in [0, 0.05) is 28.3 Å². The molecule has 0 atom stereocenters. The number of aromatic carboxylic acids is 1. The summed E-state index contributed by atoms with van der Waals surface area (Å²) in [6.07, 6.45) is 1.55. The van der Waals surface area contributed by atoms with Gasteiger partial charge in [-0.1, -0.05) is 41.4 Å². The van der Waals surface area contributed by atoms with Gasteiger partial charge in [0.1, 0.15) is 18.1 Å². The first-order valence-corrected chi connectivity index (χ1v) is 13.1. The number of aromatic nitrogens is 1. The molecule has 4 aromatic rings. The highest BCUT2D eigenvalue weighted by Gasteiger charge is 2.31. The molecule has 1 heterocycles. The monoisotopic (exact) mass is 580 g/mol. The van der Waals surface area contributed by atoms with Gasteiger partial charge < -0.3 is 19.7 Å². The van der Waals surface area contributed by atoms with Crippen LogP contribution in [0.2, 0.25) is 10.0 Å². The maximum absolute atomic E-state index is 15.6. The topological polar surface area (TPSA) is 113 Å². The van der Waals surface area contributed by atoms with Gasteiger partial charge in [-0.2, -0.15) is 0 Å². The van der Waals surface area contributed by atoms with Gasteiger partial charge >= 0.3 is 5.97 Å². The zero-order valence-electron chi connectivity index (χ0n) is 21.2. The molecule has 3 aromatic carbocycles. The summed E-state index contributed by atoms with van der Waals surface area (Å²) in [6.45, 7) is 1.28. The Bertz CT molecular complexity index is 1680. The van der Waals surface area contributed by atoms with Crippen LogP contribution in [0.15, 0.2) is 72.0 Å². The molecule has 10 heteroatoms. The van der Waals surface area contributed by atoms with Gasteiger partial charge in [-0.15, -0.1) is 0 Å². The van der Waals surface area contributed by atoms with Crippen molar-refractivity contribution >= 4 is 45.7 Å². The molecule has 0 amide bonds. The van der Waals surface area contributed by atoms with Gasteiger partial charge in [0.15, 0.2) is 11.6 Å². The molecule has 1 aliphatic carbocycles. The minimum atomic E-state index is -1.09. The van der Waals surface area contributed by atoms with Crippen LogP contribution in [0, 0.1) is 24.1 Å². The SMILES string of the molecule is Cc1nc(Oc2cccc3c(F)c(OC/C(C(=N)c4c(Cl)cccc4Cl)=C(/O)C4CC4)ccc23)ccc1C(=O)O. The van der Waals surface area contributed by atoms with E-state index in [0.29, 0.717) is 11.1 Å². The number of aryl methyl sites for hydroxylation is 1. The van der Waals surface area contributed by atoms with Gasteiger partial charge in [0.2, 0.25) is 5.88 Å². The fraction of sp³-hybridized carbons (Fsp3) is 0.167. The zero-order valence-corrected chi connectivity index (χ0v) is 22.7. The first-order valence-electron chi connectivity index (χ1n) is 12.3. The summed E-state index contributed by atoms with van der Waals surface area (Å²) in [6, 6.07) is 15.6. The normalized spacial score (nSPS) is 13.6. The molecular formula is C30H23Cl2FN2O5. The average molecular weight is 581 g/mol. The van der Waals surface area contributed by atoms with Gasteiger partial charge in [-0.3, -0.25) is 5.41 Å². The summed E-state index contributed by atoms with van der Waals surface area (Å²) in [5, 5.41) is 30.0. The number of aliphatic hydroxyl groups excluding tert-OH is 1. The highest BCUT2D eigenvalue weighted by Crippen LogP contribution is 2.39. The van der Waals surface area contributed by atoms with E-state index < -0.39 is 11.8 Å². The number of aliphatic hydroxyl groups is 1. The van der Waals surface area contributed by atoms with E-state index in [-0.39, 0.29) is 73.5 Å². The fourth-order valence-corrected chi connectivity index (χ4v) is 4.91. The highest BCUT2D eigenvalue weighted by molar-refractivity contribution is 6.41. The Labute approximate surface area is 238 Å². The fourth-order valence-electron chi connectivity index (χ4n) is 4.32. The quantitative estimate of drug-likeness (QED) is 0.136. The van der Waals surface area contributed by atoms with Crippen LogP contribution in [0.1, 0.15) is 34.5 Å². The predicted octanol–water partition coefficient (Wildman–Crippen LogP) is 8.15. The lowest BCUT2D eigenvalue weighted by molar-refractivity contribution is 0.0695. The van der Waals surface area contributed by atoms with Gasteiger partial charge in [0.05, 0.1) is 32.6 Å². The van der Waals surface area contributed by atoms with Crippen LogP contribution in [0.4, 0.5) is 4.39 Å². The summed E-state index contributed by atoms with van der Waals surface area (Å²) in [4.78, 5) is 15.5. The van der Waals surface area contributed by atoms with E-state index in [1.165, 1.54) is 18.2 Å². The molecule has 1 aliphatic rings. The number of allylic oxidation sites excluding steroid dienone is 1.